The second kappa shape index (κ2) is 5.17. The van der Waals surface area contributed by atoms with Gasteiger partial charge in [-0.2, -0.15) is 0 Å². The van der Waals surface area contributed by atoms with Crippen LogP contribution in [0.2, 0.25) is 5.22 Å². The molecule has 20 heavy (non-hydrogen) atoms. The standard InChI is InChI=1S/C16H13ClFNO/c1-10-13(18)6-4-7-14(10)19-9-12-11-5-2-3-8-15(11)20-16(12)17/h2-8,19H,9H2,1H3. The Morgan fingerprint density at radius 1 is 1.15 bits per heavy atom. The van der Waals surface area contributed by atoms with Crippen molar-refractivity contribution in [1.82, 2.24) is 0 Å². The van der Waals surface area contributed by atoms with Crippen molar-refractivity contribution < 1.29 is 8.81 Å². The van der Waals surface area contributed by atoms with E-state index in [4.69, 9.17) is 16.0 Å². The van der Waals surface area contributed by atoms with Crippen molar-refractivity contribution in [2.75, 3.05) is 5.32 Å². The highest BCUT2D eigenvalue weighted by Gasteiger charge is 2.12. The van der Waals surface area contributed by atoms with Gasteiger partial charge in [-0.3, -0.25) is 0 Å². The first-order valence-corrected chi connectivity index (χ1v) is 6.69. The molecule has 0 radical (unpaired) electrons. The van der Waals surface area contributed by atoms with Crippen LogP contribution in [0.4, 0.5) is 10.1 Å². The third-order valence-corrected chi connectivity index (χ3v) is 3.68. The molecule has 0 aliphatic carbocycles. The molecule has 0 saturated carbocycles. The van der Waals surface area contributed by atoms with E-state index in [2.05, 4.69) is 5.32 Å². The number of anilines is 1. The zero-order valence-electron chi connectivity index (χ0n) is 10.9. The molecule has 0 saturated heterocycles. The summed E-state index contributed by atoms with van der Waals surface area (Å²) < 4.78 is 19.0. The molecular weight excluding hydrogens is 277 g/mol. The van der Waals surface area contributed by atoms with Crippen LogP contribution >= 0.6 is 11.6 Å². The Labute approximate surface area is 121 Å². The molecule has 0 aliphatic heterocycles. The Kier molecular flexibility index (Phi) is 3.36. The minimum Gasteiger partial charge on any atom is -0.444 e. The van der Waals surface area contributed by atoms with E-state index in [0.29, 0.717) is 17.3 Å². The van der Waals surface area contributed by atoms with Crippen LogP contribution in [-0.2, 0) is 6.54 Å². The van der Waals surface area contributed by atoms with Gasteiger partial charge in [0.1, 0.15) is 11.4 Å². The van der Waals surface area contributed by atoms with E-state index in [1.54, 1.807) is 13.0 Å². The van der Waals surface area contributed by atoms with Gasteiger partial charge in [-0.15, -0.1) is 0 Å². The molecule has 2 nitrogen and oxygen atoms in total. The van der Waals surface area contributed by atoms with E-state index in [9.17, 15) is 4.39 Å². The van der Waals surface area contributed by atoms with Gasteiger partial charge in [-0.25, -0.2) is 4.39 Å². The maximum atomic E-state index is 13.5. The molecule has 0 bridgehead atoms. The second-order valence-corrected chi connectivity index (χ2v) is 4.96. The first-order chi connectivity index (χ1) is 9.66. The van der Waals surface area contributed by atoms with Crippen molar-refractivity contribution in [1.29, 1.82) is 0 Å². The third kappa shape index (κ3) is 2.25. The zero-order chi connectivity index (χ0) is 14.1. The van der Waals surface area contributed by atoms with E-state index in [0.717, 1.165) is 22.2 Å². The van der Waals surface area contributed by atoms with Crippen molar-refractivity contribution in [3.05, 3.63) is 64.6 Å². The SMILES string of the molecule is Cc1c(F)cccc1NCc1c(Cl)oc2ccccc12. The summed E-state index contributed by atoms with van der Waals surface area (Å²) in [6, 6.07) is 12.6. The summed E-state index contributed by atoms with van der Waals surface area (Å²) in [5.41, 5.74) is 2.99. The van der Waals surface area contributed by atoms with Crippen LogP contribution in [0.3, 0.4) is 0 Å². The lowest BCUT2D eigenvalue weighted by atomic mass is 10.1. The lowest BCUT2D eigenvalue weighted by Crippen LogP contribution is -2.02. The zero-order valence-corrected chi connectivity index (χ0v) is 11.7. The molecule has 0 aliphatic rings. The fraction of sp³-hybridized carbons (Fsp3) is 0.125. The molecule has 0 spiro atoms. The Morgan fingerprint density at radius 3 is 2.80 bits per heavy atom. The number of hydrogen-bond donors (Lipinski definition) is 1. The average molecular weight is 290 g/mol. The van der Waals surface area contributed by atoms with Gasteiger partial charge in [0, 0.05) is 28.7 Å². The van der Waals surface area contributed by atoms with Gasteiger partial charge < -0.3 is 9.73 Å². The molecule has 0 atom stereocenters. The minimum atomic E-state index is -0.224. The maximum Gasteiger partial charge on any atom is 0.199 e. The highest BCUT2D eigenvalue weighted by Crippen LogP contribution is 2.30. The molecule has 3 rings (SSSR count). The third-order valence-electron chi connectivity index (χ3n) is 3.37. The molecular formula is C16H13ClFNO. The van der Waals surface area contributed by atoms with Crippen LogP contribution in [0.1, 0.15) is 11.1 Å². The smallest absolute Gasteiger partial charge is 0.199 e. The van der Waals surface area contributed by atoms with E-state index >= 15 is 0 Å². The lowest BCUT2D eigenvalue weighted by molar-refractivity contribution is 0.613. The summed E-state index contributed by atoms with van der Waals surface area (Å²) in [6.07, 6.45) is 0. The van der Waals surface area contributed by atoms with Crippen molar-refractivity contribution in [2.45, 2.75) is 13.5 Å². The monoisotopic (exact) mass is 289 g/mol. The van der Waals surface area contributed by atoms with Crippen LogP contribution in [0.5, 0.6) is 0 Å². The first-order valence-electron chi connectivity index (χ1n) is 6.31. The Bertz CT molecular complexity index is 766. The van der Waals surface area contributed by atoms with Crippen LogP contribution in [-0.4, -0.2) is 0 Å². The first kappa shape index (κ1) is 13.0. The van der Waals surface area contributed by atoms with Gasteiger partial charge >= 0.3 is 0 Å². The molecule has 1 aromatic heterocycles. The van der Waals surface area contributed by atoms with E-state index < -0.39 is 0 Å². The Morgan fingerprint density at radius 2 is 1.95 bits per heavy atom. The topological polar surface area (TPSA) is 25.2 Å². The fourth-order valence-corrected chi connectivity index (χ4v) is 2.47. The summed E-state index contributed by atoms with van der Waals surface area (Å²) in [5.74, 6) is -0.224. The highest BCUT2D eigenvalue weighted by molar-refractivity contribution is 6.30. The minimum absolute atomic E-state index is 0.224. The molecule has 2 aromatic carbocycles. The number of furan rings is 1. The number of hydrogen-bond acceptors (Lipinski definition) is 2. The van der Waals surface area contributed by atoms with E-state index in [1.807, 2.05) is 30.3 Å². The van der Waals surface area contributed by atoms with E-state index in [1.165, 1.54) is 6.07 Å². The van der Waals surface area contributed by atoms with Crippen LogP contribution in [0.15, 0.2) is 46.9 Å². The molecule has 1 heterocycles. The fourth-order valence-electron chi connectivity index (χ4n) is 2.22. The number of benzene rings is 2. The van der Waals surface area contributed by atoms with Gasteiger partial charge in [0.15, 0.2) is 5.22 Å². The number of para-hydroxylation sites is 1. The Hall–Kier alpha value is -2.00. The number of halogens is 2. The van der Waals surface area contributed by atoms with Crippen molar-refractivity contribution in [3.63, 3.8) is 0 Å². The number of rotatable bonds is 3. The van der Waals surface area contributed by atoms with E-state index in [-0.39, 0.29) is 5.82 Å². The maximum absolute atomic E-state index is 13.5. The second-order valence-electron chi connectivity index (χ2n) is 4.62. The largest absolute Gasteiger partial charge is 0.444 e. The number of fused-ring (bicyclic) bond motifs is 1. The van der Waals surface area contributed by atoms with Crippen LogP contribution in [0.25, 0.3) is 11.0 Å². The van der Waals surface area contributed by atoms with Gasteiger partial charge in [0.2, 0.25) is 0 Å². The molecule has 1 N–H and O–H groups in total. The van der Waals surface area contributed by atoms with Crippen molar-refractivity contribution in [2.24, 2.45) is 0 Å². The average Bonchev–Trinajstić information content (AvgIpc) is 2.76. The van der Waals surface area contributed by atoms with Gasteiger partial charge in [0.05, 0.1) is 0 Å². The number of nitrogens with one attached hydrogen (secondary N) is 1. The summed E-state index contributed by atoms with van der Waals surface area (Å²) in [6.45, 7) is 2.23. The summed E-state index contributed by atoms with van der Waals surface area (Å²) >= 11 is 6.12. The molecule has 0 unspecified atom stereocenters. The predicted molar refractivity (Wildman–Crippen MR) is 79.7 cm³/mol. The predicted octanol–water partition coefficient (Wildman–Crippen LogP) is 5.15. The van der Waals surface area contributed by atoms with Crippen LogP contribution < -0.4 is 5.32 Å². The molecule has 0 amide bonds. The lowest BCUT2D eigenvalue weighted by Gasteiger charge is -2.09. The quantitative estimate of drug-likeness (QED) is 0.721. The van der Waals surface area contributed by atoms with Crippen molar-refractivity contribution in [3.8, 4) is 0 Å². The van der Waals surface area contributed by atoms with Crippen molar-refractivity contribution >= 4 is 28.3 Å². The summed E-state index contributed by atoms with van der Waals surface area (Å²) in [5, 5.41) is 4.54. The molecule has 3 aromatic rings. The highest BCUT2D eigenvalue weighted by atomic mass is 35.5. The Balaban J connectivity index is 1.90. The summed E-state index contributed by atoms with van der Waals surface area (Å²) in [4.78, 5) is 0. The normalized spacial score (nSPS) is 10.9. The van der Waals surface area contributed by atoms with Gasteiger partial charge in [-0.05, 0) is 36.7 Å². The van der Waals surface area contributed by atoms with Gasteiger partial charge in [0.25, 0.3) is 0 Å². The molecule has 0 fully saturated rings. The summed E-state index contributed by atoms with van der Waals surface area (Å²) in [7, 11) is 0. The molecule has 4 heteroatoms. The molecule has 102 valence electrons. The van der Waals surface area contributed by atoms with Gasteiger partial charge in [-0.1, -0.05) is 24.3 Å². The van der Waals surface area contributed by atoms with Crippen LogP contribution in [0, 0.1) is 12.7 Å².